The van der Waals surface area contributed by atoms with E-state index in [2.05, 4.69) is 33.4 Å². The van der Waals surface area contributed by atoms with Crippen molar-refractivity contribution < 1.29 is 0 Å². The molecule has 0 amide bonds. The Labute approximate surface area is 116 Å². The van der Waals surface area contributed by atoms with E-state index >= 15 is 0 Å². The van der Waals surface area contributed by atoms with Crippen molar-refractivity contribution in [1.82, 2.24) is 10.3 Å². The Hall–Kier alpha value is -0.940. The van der Waals surface area contributed by atoms with E-state index < -0.39 is 0 Å². The van der Waals surface area contributed by atoms with E-state index in [-0.39, 0.29) is 0 Å². The third-order valence-electron chi connectivity index (χ3n) is 2.19. The van der Waals surface area contributed by atoms with Crippen LogP contribution in [0.4, 0.5) is 0 Å². The standard InChI is InChI=1S/C12H16BrN3S/c1-4-11(14-15-12(17)16(2)3)9-6-5-7-10(13)8-9/h5-8H,4H2,1-3H3,(H,15,17)/b14-11+. The van der Waals surface area contributed by atoms with Crippen molar-refractivity contribution in [2.45, 2.75) is 13.3 Å². The highest BCUT2D eigenvalue weighted by atomic mass is 79.9. The summed E-state index contributed by atoms with van der Waals surface area (Å²) in [5.41, 5.74) is 4.96. The molecule has 1 rings (SSSR count). The van der Waals surface area contributed by atoms with E-state index in [0.29, 0.717) is 5.11 Å². The molecule has 0 heterocycles. The molecule has 17 heavy (non-hydrogen) atoms. The molecular weight excluding hydrogens is 298 g/mol. The summed E-state index contributed by atoms with van der Waals surface area (Å²) in [5, 5.41) is 4.94. The number of nitrogens with one attached hydrogen (secondary N) is 1. The zero-order valence-electron chi connectivity index (χ0n) is 10.2. The zero-order chi connectivity index (χ0) is 12.8. The van der Waals surface area contributed by atoms with Crippen LogP contribution < -0.4 is 5.43 Å². The van der Waals surface area contributed by atoms with Crippen molar-refractivity contribution in [2.75, 3.05) is 14.1 Å². The van der Waals surface area contributed by atoms with Crippen molar-refractivity contribution in [3.05, 3.63) is 34.3 Å². The molecule has 0 unspecified atom stereocenters. The van der Waals surface area contributed by atoms with E-state index in [0.717, 1.165) is 22.2 Å². The van der Waals surface area contributed by atoms with Crippen LogP contribution in [-0.2, 0) is 0 Å². The normalized spacial score (nSPS) is 11.2. The third kappa shape index (κ3) is 4.44. The van der Waals surface area contributed by atoms with Crippen LogP contribution in [-0.4, -0.2) is 29.8 Å². The molecule has 0 radical (unpaired) electrons. The Bertz CT molecular complexity index is 430. The number of benzene rings is 1. The summed E-state index contributed by atoms with van der Waals surface area (Å²) in [6, 6.07) is 8.07. The predicted molar refractivity (Wildman–Crippen MR) is 80.4 cm³/mol. The Balaban J connectivity index is 2.84. The average molecular weight is 314 g/mol. The summed E-state index contributed by atoms with van der Waals surface area (Å²) in [6.07, 6.45) is 0.847. The summed E-state index contributed by atoms with van der Waals surface area (Å²) in [6.45, 7) is 2.07. The first-order valence-corrected chi connectivity index (χ1v) is 6.54. The van der Waals surface area contributed by atoms with E-state index in [4.69, 9.17) is 12.2 Å². The summed E-state index contributed by atoms with van der Waals surface area (Å²) in [7, 11) is 3.77. The van der Waals surface area contributed by atoms with Gasteiger partial charge in [0.1, 0.15) is 0 Å². The van der Waals surface area contributed by atoms with Crippen molar-refractivity contribution in [3.63, 3.8) is 0 Å². The van der Waals surface area contributed by atoms with Gasteiger partial charge in [0.05, 0.1) is 5.71 Å². The SMILES string of the molecule is CC/C(=N\NC(=S)N(C)C)c1cccc(Br)c1. The second kappa shape index (κ2) is 6.71. The van der Waals surface area contributed by atoms with Crippen LogP contribution in [0.1, 0.15) is 18.9 Å². The Morgan fingerprint density at radius 3 is 2.71 bits per heavy atom. The molecule has 0 spiro atoms. The van der Waals surface area contributed by atoms with Crippen LogP contribution in [0.15, 0.2) is 33.8 Å². The van der Waals surface area contributed by atoms with Gasteiger partial charge in [0.25, 0.3) is 0 Å². The molecule has 0 fully saturated rings. The number of nitrogens with zero attached hydrogens (tertiary/aromatic N) is 2. The first kappa shape index (κ1) is 14.1. The van der Waals surface area contributed by atoms with Gasteiger partial charge in [-0.25, -0.2) is 0 Å². The Kier molecular flexibility index (Phi) is 5.58. The Morgan fingerprint density at radius 2 is 2.18 bits per heavy atom. The fourth-order valence-corrected chi connectivity index (χ4v) is 1.68. The molecule has 0 aromatic heterocycles. The van der Waals surface area contributed by atoms with Crippen molar-refractivity contribution in [1.29, 1.82) is 0 Å². The van der Waals surface area contributed by atoms with Crippen molar-refractivity contribution >= 4 is 39.0 Å². The van der Waals surface area contributed by atoms with Crippen LogP contribution >= 0.6 is 28.1 Å². The topological polar surface area (TPSA) is 27.6 Å². The summed E-state index contributed by atoms with van der Waals surface area (Å²) in [5.74, 6) is 0. The molecule has 0 aliphatic carbocycles. The van der Waals surface area contributed by atoms with E-state index in [1.165, 1.54) is 0 Å². The molecule has 1 N–H and O–H groups in total. The minimum absolute atomic E-state index is 0.603. The minimum Gasteiger partial charge on any atom is -0.354 e. The van der Waals surface area contributed by atoms with E-state index in [9.17, 15) is 0 Å². The lowest BCUT2D eigenvalue weighted by Crippen LogP contribution is -2.31. The molecular formula is C12H16BrN3S. The van der Waals surface area contributed by atoms with Gasteiger partial charge >= 0.3 is 0 Å². The summed E-state index contributed by atoms with van der Waals surface area (Å²) in [4.78, 5) is 1.81. The van der Waals surface area contributed by atoms with E-state index in [1.807, 2.05) is 43.3 Å². The number of rotatable bonds is 3. The van der Waals surface area contributed by atoms with Crippen LogP contribution in [0.25, 0.3) is 0 Å². The fraction of sp³-hybridized carbons (Fsp3) is 0.333. The molecule has 0 aliphatic rings. The maximum atomic E-state index is 5.12. The second-order valence-corrected chi connectivity index (χ2v) is 5.04. The molecule has 0 bridgehead atoms. The molecule has 1 aromatic carbocycles. The highest BCUT2D eigenvalue weighted by Gasteiger charge is 2.03. The highest BCUT2D eigenvalue weighted by Crippen LogP contribution is 2.13. The maximum Gasteiger partial charge on any atom is 0.189 e. The van der Waals surface area contributed by atoms with Crippen LogP contribution in [0.3, 0.4) is 0 Å². The number of hydrogen-bond acceptors (Lipinski definition) is 2. The lowest BCUT2D eigenvalue weighted by atomic mass is 10.1. The summed E-state index contributed by atoms with van der Waals surface area (Å²) >= 11 is 8.57. The molecule has 3 nitrogen and oxygen atoms in total. The fourth-order valence-electron chi connectivity index (χ4n) is 1.23. The predicted octanol–water partition coefficient (Wildman–Crippen LogP) is 3.00. The van der Waals surface area contributed by atoms with E-state index in [1.54, 1.807) is 0 Å². The monoisotopic (exact) mass is 313 g/mol. The molecule has 0 saturated heterocycles. The average Bonchev–Trinajstić information content (AvgIpc) is 2.29. The number of hydrogen-bond donors (Lipinski definition) is 1. The molecule has 92 valence electrons. The molecule has 1 aromatic rings. The second-order valence-electron chi connectivity index (χ2n) is 3.73. The highest BCUT2D eigenvalue weighted by molar-refractivity contribution is 9.10. The Morgan fingerprint density at radius 1 is 1.47 bits per heavy atom. The molecule has 0 aliphatic heterocycles. The summed E-state index contributed by atoms with van der Waals surface area (Å²) < 4.78 is 1.05. The lowest BCUT2D eigenvalue weighted by Gasteiger charge is -2.13. The van der Waals surface area contributed by atoms with Crippen molar-refractivity contribution in [2.24, 2.45) is 5.10 Å². The van der Waals surface area contributed by atoms with Gasteiger partial charge in [-0.3, -0.25) is 5.43 Å². The van der Waals surface area contributed by atoms with Gasteiger partial charge in [0, 0.05) is 18.6 Å². The first-order chi connectivity index (χ1) is 8.04. The van der Waals surface area contributed by atoms with Crippen LogP contribution in [0.5, 0.6) is 0 Å². The minimum atomic E-state index is 0.603. The molecule has 0 atom stereocenters. The first-order valence-electron chi connectivity index (χ1n) is 5.34. The third-order valence-corrected chi connectivity index (χ3v) is 3.14. The zero-order valence-corrected chi connectivity index (χ0v) is 12.6. The van der Waals surface area contributed by atoms with Gasteiger partial charge in [-0.1, -0.05) is 35.0 Å². The largest absolute Gasteiger partial charge is 0.354 e. The van der Waals surface area contributed by atoms with Gasteiger partial charge in [-0.15, -0.1) is 0 Å². The van der Waals surface area contributed by atoms with Gasteiger partial charge in [0.2, 0.25) is 0 Å². The van der Waals surface area contributed by atoms with Gasteiger partial charge in [-0.2, -0.15) is 5.10 Å². The quantitative estimate of drug-likeness (QED) is 0.528. The smallest absolute Gasteiger partial charge is 0.189 e. The van der Waals surface area contributed by atoms with Crippen LogP contribution in [0, 0.1) is 0 Å². The molecule has 0 saturated carbocycles. The van der Waals surface area contributed by atoms with Crippen LogP contribution in [0.2, 0.25) is 0 Å². The van der Waals surface area contributed by atoms with Crippen molar-refractivity contribution in [3.8, 4) is 0 Å². The maximum absolute atomic E-state index is 5.12. The number of thiocarbonyl (C=S) groups is 1. The lowest BCUT2D eigenvalue weighted by molar-refractivity contribution is 0.606. The van der Waals surface area contributed by atoms with Gasteiger partial charge < -0.3 is 4.90 Å². The van der Waals surface area contributed by atoms with Gasteiger partial charge in [0.15, 0.2) is 5.11 Å². The number of hydrazone groups is 1. The number of halogens is 1. The molecule has 5 heteroatoms. The van der Waals surface area contributed by atoms with Gasteiger partial charge in [-0.05, 0) is 36.3 Å².